The maximum absolute atomic E-state index is 12.5. The van der Waals surface area contributed by atoms with Crippen LogP contribution in [0.2, 0.25) is 0 Å². The fraction of sp³-hybridized carbons (Fsp3) is 0.217. The SMILES string of the molecule is Cc1cc(C)c(NC(=O)COC(=O)c2cc3c(s2)-c2ccccc2OC3)c(C)c1. The van der Waals surface area contributed by atoms with Crippen LogP contribution >= 0.6 is 11.3 Å². The molecule has 1 aromatic heterocycles. The summed E-state index contributed by atoms with van der Waals surface area (Å²) in [4.78, 5) is 26.2. The van der Waals surface area contributed by atoms with Crippen molar-refractivity contribution >= 4 is 28.9 Å². The van der Waals surface area contributed by atoms with Crippen LogP contribution in [0, 0.1) is 20.8 Å². The highest BCUT2D eigenvalue weighted by Crippen LogP contribution is 2.42. The molecule has 0 saturated heterocycles. The number of thiophene rings is 1. The first kappa shape index (κ1) is 19.2. The minimum atomic E-state index is -0.505. The van der Waals surface area contributed by atoms with Gasteiger partial charge in [-0.2, -0.15) is 0 Å². The molecule has 0 fully saturated rings. The Balaban J connectivity index is 1.42. The van der Waals surface area contributed by atoms with E-state index in [0.717, 1.165) is 44.1 Å². The summed E-state index contributed by atoms with van der Waals surface area (Å²) in [7, 11) is 0. The Labute approximate surface area is 173 Å². The zero-order chi connectivity index (χ0) is 20.5. The van der Waals surface area contributed by atoms with Crippen molar-refractivity contribution in [3.05, 3.63) is 69.6 Å². The summed E-state index contributed by atoms with van der Waals surface area (Å²) in [6, 6.07) is 13.5. The Morgan fingerprint density at radius 1 is 1.10 bits per heavy atom. The van der Waals surface area contributed by atoms with Crippen LogP contribution in [-0.4, -0.2) is 18.5 Å². The minimum absolute atomic E-state index is 0.332. The van der Waals surface area contributed by atoms with E-state index < -0.39 is 5.97 Å². The first-order valence-electron chi connectivity index (χ1n) is 9.32. The third-order valence-corrected chi connectivity index (χ3v) is 5.99. The predicted octanol–water partition coefficient (Wildman–Crippen LogP) is 5.03. The molecule has 3 aromatic rings. The molecule has 1 amide bonds. The summed E-state index contributed by atoms with van der Waals surface area (Å²) < 4.78 is 11.0. The van der Waals surface area contributed by atoms with Crippen molar-refractivity contribution in [3.8, 4) is 16.2 Å². The smallest absolute Gasteiger partial charge is 0.348 e. The lowest BCUT2D eigenvalue weighted by Crippen LogP contribution is -2.21. The van der Waals surface area contributed by atoms with Gasteiger partial charge in [-0.25, -0.2) is 4.79 Å². The second-order valence-corrected chi connectivity index (χ2v) is 8.20. The Bertz CT molecular complexity index is 1090. The molecule has 148 valence electrons. The number of hydrogen-bond acceptors (Lipinski definition) is 5. The average molecular weight is 407 g/mol. The van der Waals surface area contributed by atoms with Crippen molar-refractivity contribution in [1.82, 2.24) is 0 Å². The van der Waals surface area contributed by atoms with E-state index >= 15 is 0 Å². The molecule has 0 spiro atoms. The zero-order valence-electron chi connectivity index (χ0n) is 16.5. The number of fused-ring (bicyclic) bond motifs is 3. The molecule has 0 saturated carbocycles. The third kappa shape index (κ3) is 3.89. The number of hydrogen-bond donors (Lipinski definition) is 1. The number of carbonyl (C=O) groups excluding carboxylic acids is 2. The highest BCUT2D eigenvalue weighted by atomic mass is 32.1. The molecular weight excluding hydrogens is 386 g/mol. The number of nitrogens with one attached hydrogen (secondary N) is 1. The average Bonchev–Trinajstić information content (AvgIpc) is 3.14. The number of anilines is 1. The molecule has 6 heteroatoms. The first-order chi connectivity index (χ1) is 13.9. The summed E-state index contributed by atoms with van der Waals surface area (Å²) in [5, 5.41) is 2.84. The second kappa shape index (κ2) is 7.72. The molecule has 0 aliphatic carbocycles. The quantitative estimate of drug-likeness (QED) is 0.616. The van der Waals surface area contributed by atoms with Crippen LogP contribution in [0.4, 0.5) is 5.69 Å². The van der Waals surface area contributed by atoms with Crippen LogP contribution in [0.25, 0.3) is 10.4 Å². The normalized spacial score (nSPS) is 11.8. The molecular formula is C23H21NO4S. The number of aryl methyl sites for hydroxylation is 3. The molecule has 0 bridgehead atoms. The van der Waals surface area contributed by atoms with Gasteiger partial charge in [0.15, 0.2) is 6.61 Å². The number of esters is 1. The first-order valence-corrected chi connectivity index (χ1v) is 10.1. The van der Waals surface area contributed by atoms with Gasteiger partial charge >= 0.3 is 5.97 Å². The van der Waals surface area contributed by atoms with Crippen molar-refractivity contribution < 1.29 is 19.1 Å². The van der Waals surface area contributed by atoms with E-state index in [0.29, 0.717) is 11.5 Å². The molecule has 5 nitrogen and oxygen atoms in total. The maximum atomic E-state index is 12.5. The minimum Gasteiger partial charge on any atom is -0.488 e. The largest absolute Gasteiger partial charge is 0.488 e. The zero-order valence-corrected chi connectivity index (χ0v) is 17.3. The van der Waals surface area contributed by atoms with Crippen molar-refractivity contribution in [2.75, 3.05) is 11.9 Å². The lowest BCUT2D eigenvalue weighted by atomic mass is 10.1. The summed E-state index contributed by atoms with van der Waals surface area (Å²) in [6.45, 7) is 5.98. The van der Waals surface area contributed by atoms with Gasteiger partial charge in [0.25, 0.3) is 5.91 Å². The van der Waals surface area contributed by atoms with Crippen molar-refractivity contribution in [2.24, 2.45) is 0 Å². The molecule has 0 radical (unpaired) electrons. The number of amides is 1. The van der Waals surface area contributed by atoms with E-state index in [1.807, 2.05) is 57.2 Å². The van der Waals surface area contributed by atoms with Crippen LogP contribution in [0.1, 0.15) is 31.9 Å². The Morgan fingerprint density at radius 2 is 1.83 bits per heavy atom. The van der Waals surface area contributed by atoms with E-state index in [1.54, 1.807) is 6.07 Å². The van der Waals surface area contributed by atoms with Gasteiger partial charge in [0, 0.05) is 21.7 Å². The number of rotatable bonds is 4. The topological polar surface area (TPSA) is 64.6 Å². The van der Waals surface area contributed by atoms with Crippen LogP contribution < -0.4 is 10.1 Å². The summed E-state index contributed by atoms with van der Waals surface area (Å²) in [6.07, 6.45) is 0. The number of ether oxygens (including phenoxy) is 2. The fourth-order valence-corrected chi connectivity index (χ4v) is 4.65. The Hall–Kier alpha value is -3.12. The van der Waals surface area contributed by atoms with Crippen molar-refractivity contribution in [1.29, 1.82) is 0 Å². The Kier molecular flexibility index (Phi) is 5.11. The lowest BCUT2D eigenvalue weighted by molar-refractivity contribution is -0.119. The van der Waals surface area contributed by atoms with Gasteiger partial charge in [-0.15, -0.1) is 11.3 Å². The van der Waals surface area contributed by atoms with E-state index in [9.17, 15) is 9.59 Å². The summed E-state index contributed by atoms with van der Waals surface area (Å²) >= 11 is 1.36. The molecule has 4 rings (SSSR count). The van der Waals surface area contributed by atoms with Gasteiger partial charge in [-0.05, 0) is 50.1 Å². The molecule has 1 N–H and O–H groups in total. The van der Waals surface area contributed by atoms with E-state index in [2.05, 4.69) is 5.32 Å². The van der Waals surface area contributed by atoms with E-state index in [1.165, 1.54) is 11.3 Å². The van der Waals surface area contributed by atoms with Gasteiger partial charge in [0.2, 0.25) is 0 Å². The van der Waals surface area contributed by atoms with Gasteiger partial charge in [0.05, 0.1) is 0 Å². The molecule has 0 unspecified atom stereocenters. The highest BCUT2D eigenvalue weighted by Gasteiger charge is 2.23. The standard InChI is InChI=1S/C23H21NO4S/c1-13-8-14(2)21(15(3)9-13)24-20(25)12-28-23(26)19-10-16-11-27-18-7-5-4-6-17(18)22(16)29-19/h4-10H,11-12H2,1-3H3,(H,24,25). The van der Waals surface area contributed by atoms with Crippen LogP contribution in [-0.2, 0) is 16.1 Å². The third-order valence-electron chi connectivity index (χ3n) is 4.80. The van der Waals surface area contributed by atoms with Crippen LogP contribution in [0.15, 0.2) is 42.5 Å². The lowest BCUT2D eigenvalue weighted by Gasteiger charge is -2.16. The highest BCUT2D eigenvalue weighted by molar-refractivity contribution is 7.17. The molecule has 0 atom stereocenters. The van der Waals surface area contributed by atoms with Crippen molar-refractivity contribution in [2.45, 2.75) is 27.4 Å². The second-order valence-electron chi connectivity index (χ2n) is 7.15. The van der Waals surface area contributed by atoms with Gasteiger partial charge in [-0.3, -0.25) is 4.79 Å². The maximum Gasteiger partial charge on any atom is 0.348 e. The summed E-state index contributed by atoms with van der Waals surface area (Å²) in [5.74, 6) is -0.0530. The molecule has 29 heavy (non-hydrogen) atoms. The van der Waals surface area contributed by atoms with E-state index in [-0.39, 0.29) is 12.5 Å². The fourth-order valence-electron chi connectivity index (χ4n) is 3.56. The monoisotopic (exact) mass is 407 g/mol. The van der Waals surface area contributed by atoms with Gasteiger partial charge in [-0.1, -0.05) is 29.8 Å². The van der Waals surface area contributed by atoms with Gasteiger partial charge in [0.1, 0.15) is 17.2 Å². The van der Waals surface area contributed by atoms with Crippen LogP contribution in [0.5, 0.6) is 5.75 Å². The number of para-hydroxylation sites is 1. The van der Waals surface area contributed by atoms with E-state index in [4.69, 9.17) is 9.47 Å². The Morgan fingerprint density at radius 3 is 2.59 bits per heavy atom. The number of benzene rings is 2. The molecule has 1 aliphatic rings. The van der Waals surface area contributed by atoms with Gasteiger partial charge < -0.3 is 14.8 Å². The van der Waals surface area contributed by atoms with Crippen LogP contribution in [0.3, 0.4) is 0 Å². The predicted molar refractivity (Wildman–Crippen MR) is 114 cm³/mol. The molecule has 2 aromatic carbocycles. The summed E-state index contributed by atoms with van der Waals surface area (Å²) in [5.41, 5.74) is 5.78. The molecule has 2 heterocycles. The molecule has 1 aliphatic heterocycles. The number of carbonyl (C=O) groups is 2. The van der Waals surface area contributed by atoms with Crippen molar-refractivity contribution in [3.63, 3.8) is 0 Å².